The molecule has 0 fully saturated rings. The second-order valence-electron chi connectivity index (χ2n) is 4.90. The molecule has 0 aliphatic carbocycles. The topological polar surface area (TPSA) is 55.1 Å². The van der Waals surface area contributed by atoms with E-state index >= 15 is 0 Å². The highest BCUT2D eigenvalue weighted by Gasteiger charge is 2.12. The number of nitrogens with one attached hydrogen (secondary N) is 1. The van der Waals surface area contributed by atoms with E-state index in [4.69, 9.17) is 5.73 Å². The molecule has 3 nitrogen and oxygen atoms in total. The predicted molar refractivity (Wildman–Crippen MR) is 84.0 cm³/mol. The summed E-state index contributed by atoms with van der Waals surface area (Å²) in [5.74, 6) is -0.158. The maximum atomic E-state index is 12.4. The van der Waals surface area contributed by atoms with Crippen LogP contribution in [0, 0.1) is 6.92 Å². The summed E-state index contributed by atoms with van der Waals surface area (Å²) in [6, 6.07) is 13.4. The van der Waals surface area contributed by atoms with Crippen LogP contribution in [-0.4, -0.2) is 5.91 Å². The van der Waals surface area contributed by atoms with Crippen LogP contribution in [0.5, 0.6) is 0 Å². The number of hydrogen-bond acceptors (Lipinski definition) is 2. The zero-order valence-electron chi connectivity index (χ0n) is 11.9. The van der Waals surface area contributed by atoms with E-state index in [0.29, 0.717) is 11.3 Å². The van der Waals surface area contributed by atoms with Crippen LogP contribution in [-0.2, 0) is 6.42 Å². The fourth-order valence-electron chi connectivity index (χ4n) is 2.20. The van der Waals surface area contributed by atoms with E-state index in [9.17, 15) is 4.79 Å². The molecular weight excluding hydrogens is 248 g/mol. The second kappa shape index (κ2) is 6.24. The molecule has 0 atom stereocenters. The Balaban J connectivity index is 2.26. The fraction of sp³-hybridized carbons (Fsp3) is 0.235. The molecule has 0 saturated carbocycles. The Morgan fingerprint density at radius 2 is 1.90 bits per heavy atom. The van der Waals surface area contributed by atoms with Crippen molar-refractivity contribution in [1.29, 1.82) is 0 Å². The number of hydrogen-bond donors (Lipinski definition) is 2. The van der Waals surface area contributed by atoms with Crippen molar-refractivity contribution in [3.8, 4) is 0 Å². The Bertz CT molecular complexity index is 620. The first-order valence-electron chi connectivity index (χ1n) is 6.87. The van der Waals surface area contributed by atoms with Crippen molar-refractivity contribution in [3.63, 3.8) is 0 Å². The maximum absolute atomic E-state index is 12.4. The van der Waals surface area contributed by atoms with Gasteiger partial charge in [0, 0.05) is 11.4 Å². The average Bonchev–Trinajstić information content (AvgIpc) is 2.44. The summed E-state index contributed by atoms with van der Waals surface area (Å²) in [7, 11) is 0. The molecule has 0 aliphatic rings. The van der Waals surface area contributed by atoms with Crippen LogP contribution >= 0.6 is 0 Å². The van der Waals surface area contributed by atoms with Gasteiger partial charge in [-0.25, -0.2) is 0 Å². The van der Waals surface area contributed by atoms with Gasteiger partial charge in [-0.15, -0.1) is 0 Å². The number of amides is 1. The van der Waals surface area contributed by atoms with Gasteiger partial charge in [-0.3, -0.25) is 4.79 Å². The van der Waals surface area contributed by atoms with Crippen molar-refractivity contribution in [3.05, 3.63) is 59.2 Å². The summed E-state index contributed by atoms with van der Waals surface area (Å²) >= 11 is 0. The van der Waals surface area contributed by atoms with E-state index in [0.717, 1.165) is 29.7 Å². The van der Waals surface area contributed by atoms with Crippen LogP contribution in [0.15, 0.2) is 42.5 Å². The molecule has 0 unspecified atom stereocenters. The van der Waals surface area contributed by atoms with E-state index < -0.39 is 0 Å². The molecule has 2 aromatic carbocycles. The third-order valence-electron chi connectivity index (χ3n) is 3.35. The smallest absolute Gasteiger partial charge is 0.257 e. The Labute approximate surface area is 119 Å². The van der Waals surface area contributed by atoms with Gasteiger partial charge >= 0.3 is 0 Å². The molecule has 0 radical (unpaired) electrons. The number of benzene rings is 2. The summed E-state index contributed by atoms with van der Waals surface area (Å²) < 4.78 is 0. The van der Waals surface area contributed by atoms with E-state index in [-0.39, 0.29) is 5.91 Å². The van der Waals surface area contributed by atoms with E-state index in [1.54, 1.807) is 6.07 Å². The van der Waals surface area contributed by atoms with Crippen LogP contribution in [0.3, 0.4) is 0 Å². The van der Waals surface area contributed by atoms with Gasteiger partial charge < -0.3 is 11.1 Å². The number of anilines is 2. The second-order valence-corrected chi connectivity index (χ2v) is 4.90. The summed E-state index contributed by atoms with van der Waals surface area (Å²) in [5, 5.41) is 2.96. The highest BCUT2D eigenvalue weighted by Crippen LogP contribution is 2.21. The van der Waals surface area contributed by atoms with Crippen molar-refractivity contribution in [1.82, 2.24) is 0 Å². The molecule has 104 valence electrons. The molecule has 3 heteroatoms. The number of para-hydroxylation sites is 2. The maximum Gasteiger partial charge on any atom is 0.257 e. The zero-order chi connectivity index (χ0) is 14.5. The number of aryl methyl sites for hydroxylation is 2. The van der Waals surface area contributed by atoms with Crippen molar-refractivity contribution >= 4 is 17.3 Å². The van der Waals surface area contributed by atoms with Crippen molar-refractivity contribution in [2.45, 2.75) is 26.7 Å². The lowest BCUT2D eigenvalue weighted by Crippen LogP contribution is -2.15. The summed E-state index contributed by atoms with van der Waals surface area (Å²) in [4.78, 5) is 12.4. The third kappa shape index (κ3) is 2.99. The first-order chi connectivity index (χ1) is 9.63. The predicted octanol–water partition coefficient (Wildman–Crippen LogP) is 3.78. The lowest BCUT2D eigenvalue weighted by molar-refractivity contribution is 0.102. The summed E-state index contributed by atoms with van der Waals surface area (Å²) in [6.07, 6.45) is 1.99. The first kappa shape index (κ1) is 14.1. The minimum atomic E-state index is -0.158. The summed E-state index contributed by atoms with van der Waals surface area (Å²) in [6.45, 7) is 4.02. The number of nitrogens with two attached hydrogens (primary N) is 1. The Morgan fingerprint density at radius 3 is 2.65 bits per heavy atom. The lowest BCUT2D eigenvalue weighted by atomic mass is 10.1. The van der Waals surface area contributed by atoms with Gasteiger partial charge in [0.25, 0.3) is 5.91 Å². The monoisotopic (exact) mass is 268 g/mol. The molecule has 0 aliphatic heterocycles. The lowest BCUT2D eigenvalue weighted by Gasteiger charge is -2.12. The SMILES string of the molecule is CCCc1ccccc1NC(=O)c1cccc(C)c1N. The number of carbonyl (C=O) groups is 1. The van der Waals surface area contributed by atoms with Crippen LogP contribution in [0.1, 0.15) is 34.8 Å². The van der Waals surface area contributed by atoms with Gasteiger partial charge in [-0.1, -0.05) is 43.7 Å². The van der Waals surface area contributed by atoms with Gasteiger partial charge in [-0.2, -0.15) is 0 Å². The van der Waals surface area contributed by atoms with E-state index in [1.807, 2.05) is 43.3 Å². The molecule has 0 bridgehead atoms. The molecule has 3 N–H and O–H groups in total. The highest BCUT2D eigenvalue weighted by molar-refractivity contribution is 6.08. The molecule has 0 heterocycles. The molecular formula is C17H20N2O. The van der Waals surface area contributed by atoms with Gasteiger partial charge in [0.2, 0.25) is 0 Å². The Hall–Kier alpha value is -2.29. The molecule has 0 aromatic heterocycles. The van der Waals surface area contributed by atoms with Crippen LogP contribution in [0.2, 0.25) is 0 Å². The first-order valence-corrected chi connectivity index (χ1v) is 6.87. The molecule has 2 rings (SSSR count). The number of carbonyl (C=O) groups excluding carboxylic acids is 1. The third-order valence-corrected chi connectivity index (χ3v) is 3.35. The Kier molecular flexibility index (Phi) is 4.41. The van der Waals surface area contributed by atoms with Gasteiger partial charge in [0.15, 0.2) is 0 Å². The van der Waals surface area contributed by atoms with Crippen LogP contribution in [0.4, 0.5) is 11.4 Å². The van der Waals surface area contributed by atoms with E-state index in [1.165, 1.54) is 0 Å². The van der Waals surface area contributed by atoms with E-state index in [2.05, 4.69) is 12.2 Å². The highest BCUT2D eigenvalue weighted by atomic mass is 16.1. The van der Waals surface area contributed by atoms with Gasteiger partial charge in [0.05, 0.1) is 5.56 Å². The number of rotatable bonds is 4. The zero-order valence-corrected chi connectivity index (χ0v) is 11.9. The summed E-state index contributed by atoms with van der Waals surface area (Å²) in [5.41, 5.74) is 9.96. The van der Waals surface area contributed by atoms with Crippen LogP contribution < -0.4 is 11.1 Å². The standard InChI is InChI=1S/C17H20N2O/c1-3-7-13-9-4-5-11-15(13)19-17(20)14-10-6-8-12(2)16(14)18/h4-6,8-11H,3,7,18H2,1-2H3,(H,19,20). The molecule has 1 amide bonds. The largest absolute Gasteiger partial charge is 0.398 e. The minimum absolute atomic E-state index is 0.158. The van der Waals surface area contributed by atoms with Gasteiger partial charge in [0.1, 0.15) is 0 Å². The Morgan fingerprint density at radius 1 is 1.15 bits per heavy atom. The number of nitrogen functional groups attached to an aromatic ring is 1. The van der Waals surface area contributed by atoms with Crippen molar-refractivity contribution in [2.24, 2.45) is 0 Å². The molecule has 0 saturated heterocycles. The quantitative estimate of drug-likeness (QED) is 0.829. The van der Waals surface area contributed by atoms with Crippen molar-refractivity contribution in [2.75, 3.05) is 11.1 Å². The van der Waals surface area contributed by atoms with Crippen LogP contribution in [0.25, 0.3) is 0 Å². The molecule has 2 aromatic rings. The average molecular weight is 268 g/mol. The molecule has 20 heavy (non-hydrogen) atoms. The minimum Gasteiger partial charge on any atom is -0.398 e. The molecule has 0 spiro atoms. The van der Waals surface area contributed by atoms with Crippen molar-refractivity contribution < 1.29 is 4.79 Å². The van der Waals surface area contributed by atoms with Gasteiger partial charge in [-0.05, 0) is 36.6 Å². The normalized spacial score (nSPS) is 10.3. The fourth-order valence-corrected chi connectivity index (χ4v) is 2.20.